The van der Waals surface area contributed by atoms with Crippen molar-refractivity contribution in [2.75, 3.05) is 5.32 Å². The lowest BCUT2D eigenvalue weighted by Crippen LogP contribution is -2.25. The van der Waals surface area contributed by atoms with Crippen LogP contribution in [0.2, 0.25) is 5.02 Å². The topological polar surface area (TPSA) is 73.5 Å². The van der Waals surface area contributed by atoms with E-state index in [1.807, 2.05) is 0 Å². The van der Waals surface area contributed by atoms with Crippen LogP contribution in [-0.4, -0.2) is 17.1 Å². The molecule has 25 heavy (non-hydrogen) atoms. The average molecular weight is 369 g/mol. The first kappa shape index (κ1) is 17.0. The highest BCUT2D eigenvalue weighted by molar-refractivity contribution is 6.31. The Morgan fingerprint density at radius 1 is 1.28 bits per heavy atom. The second kappa shape index (κ2) is 6.94. The van der Waals surface area contributed by atoms with Crippen molar-refractivity contribution in [1.29, 1.82) is 0 Å². The van der Waals surface area contributed by atoms with Gasteiger partial charge in [0.15, 0.2) is 5.58 Å². The van der Waals surface area contributed by atoms with Crippen molar-refractivity contribution in [2.45, 2.75) is 13.2 Å². The normalized spacial score (nSPS) is 11.0. The third-order valence-corrected chi connectivity index (χ3v) is 3.54. The molecule has 1 heterocycles. The van der Waals surface area contributed by atoms with E-state index in [9.17, 15) is 18.4 Å². The SMILES string of the molecule is O=C(Cn1c(=O)oc2cc(Cl)ccc21)Nc1ccccc1OC(F)F. The van der Waals surface area contributed by atoms with Gasteiger partial charge in [-0.1, -0.05) is 23.7 Å². The van der Waals surface area contributed by atoms with Gasteiger partial charge in [-0.05, 0) is 24.3 Å². The predicted octanol–water partition coefficient (Wildman–Crippen LogP) is 3.49. The molecule has 0 radical (unpaired) electrons. The molecule has 1 N–H and O–H groups in total. The molecule has 0 unspecified atom stereocenters. The molecular formula is C16H11ClF2N2O4. The third kappa shape index (κ3) is 3.80. The van der Waals surface area contributed by atoms with Crippen LogP contribution in [0, 0.1) is 0 Å². The fraction of sp³-hybridized carbons (Fsp3) is 0.125. The number of amides is 1. The zero-order valence-corrected chi connectivity index (χ0v) is 13.3. The van der Waals surface area contributed by atoms with Crippen LogP contribution >= 0.6 is 11.6 Å². The maximum atomic E-state index is 12.4. The maximum Gasteiger partial charge on any atom is 0.420 e. The molecule has 9 heteroatoms. The number of hydrogen-bond acceptors (Lipinski definition) is 4. The number of halogens is 3. The molecule has 0 saturated heterocycles. The van der Waals surface area contributed by atoms with Gasteiger partial charge < -0.3 is 14.5 Å². The first-order chi connectivity index (χ1) is 11.9. The van der Waals surface area contributed by atoms with E-state index in [1.165, 1.54) is 24.3 Å². The Hall–Kier alpha value is -2.87. The van der Waals surface area contributed by atoms with Crippen LogP contribution in [0.5, 0.6) is 5.75 Å². The van der Waals surface area contributed by atoms with Crippen LogP contribution < -0.4 is 15.8 Å². The third-order valence-electron chi connectivity index (χ3n) is 3.31. The van der Waals surface area contributed by atoms with E-state index in [1.54, 1.807) is 18.2 Å². The first-order valence-corrected chi connectivity index (χ1v) is 7.44. The molecule has 3 rings (SSSR count). The number of nitrogens with one attached hydrogen (secondary N) is 1. The zero-order valence-electron chi connectivity index (χ0n) is 12.5. The summed E-state index contributed by atoms with van der Waals surface area (Å²) >= 11 is 5.83. The molecule has 0 spiro atoms. The van der Waals surface area contributed by atoms with Gasteiger partial charge in [0.2, 0.25) is 5.91 Å². The van der Waals surface area contributed by atoms with Gasteiger partial charge in [-0.3, -0.25) is 9.36 Å². The highest BCUT2D eigenvalue weighted by Gasteiger charge is 2.15. The summed E-state index contributed by atoms with van der Waals surface area (Å²) in [5, 5.41) is 2.82. The van der Waals surface area contributed by atoms with Gasteiger partial charge in [-0.15, -0.1) is 0 Å². The molecule has 0 saturated carbocycles. The summed E-state index contributed by atoms with van der Waals surface area (Å²) in [6, 6.07) is 10.3. The predicted molar refractivity (Wildman–Crippen MR) is 87.2 cm³/mol. The molecule has 6 nitrogen and oxygen atoms in total. The van der Waals surface area contributed by atoms with Crippen LogP contribution in [0.3, 0.4) is 0 Å². The van der Waals surface area contributed by atoms with E-state index >= 15 is 0 Å². The molecule has 1 aromatic heterocycles. The molecule has 0 atom stereocenters. The number of carbonyl (C=O) groups excluding carboxylic acids is 1. The van der Waals surface area contributed by atoms with Gasteiger partial charge >= 0.3 is 12.4 Å². The number of aromatic nitrogens is 1. The molecule has 3 aromatic rings. The van der Waals surface area contributed by atoms with Crippen LogP contribution in [-0.2, 0) is 11.3 Å². The minimum Gasteiger partial charge on any atom is -0.433 e. The molecule has 0 aliphatic carbocycles. The Kier molecular flexibility index (Phi) is 4.71. The second-order valence-corrected chi connectivity index (χ2v) is 5.43. The number of rotatable bonds is 5. The second-order valence-electron chi connectivity index (χ2n) is 4.99. The van der Waals surface area contributed by atoms with Gasteiger partial charge in [-0.2, -0.15) is 8.78 Å². The smallest absolute Gasteiger partial charge is 0.420 e. The molecular weight excluding hydrogens is 358 g/mol. The molecule has 2 aromatic carbocycles. The highest BCUT2D eigenvalue weighted by Crippen LogP contribution is 2.25. The Labute approximate surface area is 144 Å². The van der Waals surface area contributed by atoms with Gasteiger partial charge in [0.1, 0.15) is 12.3 Å². The fourth-order valence-corrected chi connectivity index (χ4v) is 2.45. The number of alkyl halides is 2. The lowest BCUT2D eigenvalue weighted by atomic mass is 10.3. The van der Waals surface area contributed by atoms with E-state index in [2.05, 4.69) is 10.1 Å². The number of nitrogens with zero attached hydrogens (tertiary/aromatic N) is 1. The van der Waals surface area contributed by atoms with Crippen LogP contribution in [0.25, 0.3) is 11.1 Å². The van der Waals surface area contributed by atoms with Crippen LogP contribution in [0.15, 0.2) is 51.7 Å². The van der Waals surface area contributed by atoms with Crippen LogP contribution in [0.4, 0.5) is 14.5 Å². The molecule has 0 fully saturated rings. The lowest BCUT2D eigenvalue weighted by Gasteiger charge is -2.11. The van der Waals surface area contributed by atoms with Crippen molar-refractivity contribution >= 4 is 34.3 Å². The van der Waals surface area contributed by atoms with Gasteiger partial charge in [0, 0.05) is 11.1 Å². The summed E-state index contributed by atoms with van der Waals surface area (Å²) in [6.45, 7) is -3.39. The Morgan fingerprint density at radius 2 is 2.04 bits per heavy atom. The molecule has 1 amide bonds. The number of anilines is 1. The molecule has 0 aliphatic heterocycles. The summed E-state index contributed by atoms with van der Waals surface area (Å²) in [4.78, 5) is 24.1. The summed E-state index contributed by atoms with van der Waals surface area (Å²) in [5.41, 5.74) is 0.699. The number of ether oxygens (including phenoxy) is 1. The number of carbonyl (C=O) groups is 1. The number of hydrogen-bond donors (Lipinski definition) is 1. The Bertz CT molecular complexity index is 984. The van der Waals surface area contributed by atoms with Crippen molar-refractivity contribution in [3.8, 4) is 5.75 Å². The minimum absolute atomic E-state index is 0.0664. The van der Waals surface area contributed by atoms with Crippen molar-refractivity contribution in [1.82, 2.24) is 4.57 Å². The van der Waals surface area contributed by atoms with Crippen molar-refractivity contribution in [2.24, 2.45) is 0 Å². The Morgan fingerprint density at radius 3 is 2.80 bits per heavy atom. The van der Waals surface area contributed by atoms with Crippen molar-refractivity contribution in [3.05, 3.63) is 58.0 Å². The number of para-hydroxylation sites is 2. The molecule has 0 bridgehead atoms. The lowest BCUT2D eigenvalue weighted by molar-refractivity contribution is -0.116. The highest BCUT2D eigenvalue weighted by atomic mass is 35.5. The number of benzene rings is 2. The summed E-state index contributed by atoms with van der Waals surface area (Å²) in [5.74, 6) is -1.52. The molecule has 0 aliphatic rings. The largest absolute Gasteiger partial charge is 0.433 e. The van der Waals surface area contributed by atoms with Gasteiger partial charge in [0.25, 0.3) is 0 Å². The van der Waals surface area contributed by atoms with Crippen molar-refractivity contribution < 1.29 is 22.7 Å². The maximum absolute atomic E-state index is 12.4. The minimum atomic E-state index is -3.02. The fourth-order valence-electron chi connectivity index (χ4n) is 2.29. The Balaban J connectivity index is 1.82. The summed E-state index contributed by atoms with van der Waals surface area (Å²) < 4.78 is 35.3. The summed E-state index contributed by atoms with van der Waals surface area (Å²) in [7, 11) is 0. The zero-order chi connectivity index (χ0) is 18.0. The standard InChI is InChI=1S/C16H11ClF2N2O4/c17-9-5-6-11-13(7-9)25-16(23)21(11)8-14(22)20-10-3-1-2-4-12(10)24-15(18)19/h1-7,15H,8H2,(H,20,22). The summed E-state index contributed by atoms with van der Waals surface area (Å²) in [6.07, 6.45) is 0. The van der Waals surface area contributed by atoms with Gasteiger partial charge in [0.05, 0.1) is 11.2 Å². The number of oxazole rings is 1. The average Bonchev–Trinajstić information content (AvgIpc) is 2.83. The molecule has 130 valence electrons. The van der Waals surface area contributed by atoms with E-state index in [-0.39, 0.29) is 23.6 Å². The van der Waals surface area contributed by atoms with Crippen LogP contribution in [0.1, 0.15) is 0 Å². The monoisotopic (exact) mass is 368 g/mol. The quantitative estimate of drug-likeness (QED) is 0.748. The van der Waals surface area contributed by atoms with E-state index in [0.29, 0.717) is 10.5 Å². The van der Waals surface area contributed by atoms with Crippen molar-refractivity contribution in [3.63, 3.8) is 0 Å². The number of fused-ring (bicyclic) bond motifs is 1. The van der Waals surface area contributed by atoms with E-state index < -0.39 is 18.3 Å². The van der Waals surface area contributed by atoms with Gasteiger partial charge in [-0.25, -0.2) is 4.79 Å². The van der Waals surface area contributed by atoms with E-state index in [4.69, 9.17) is 16.0 Å². The van der Waals surface area contributed by atoms with E-state index in [0.717, 1.165) is 4.57 Å². The first-order valence-electron chi connectivity index (χ1n) is 7.06.